The third-order valence-electron chi connectivity index (χ3n) is 4.56. The molecule has 0 amide bonds. The van der Waals surface area contributed by atoms with Crippen molar-refractivity contribution < 1.29 is 0 Å². The summed E-state index contributed by atoms with van der Waals surface area (Å²) in [4.78, 5) is 0. The van der Waals surface area contributed by atoms with Crippen molar-refractivity contribution in [1.29, 1.82) is 0 Å². The van der Waals surface area contributed by atoms with Gasteiger partial charge in [-0.1, -0.05) is 47.0 Å². The molecule has 2 aromatic carbocycles. The van der Waals surface area contributed by atoms with Gasteiger partial charge in [-0.3, -0.25) is 0 Å². The first-order valence-electron chi connectivity index (χ1n) is 8.52. The molecule has 0 saturated heterocycles. The molecule has 5 heteroatoms. The van der Waals surface area contributed by atoms with Gasteiger partial charge in [-0.25, -0.2) is 4.68 Å². The van der Waals surface area contributed by atoms with Gasteiger partial charge in [0, 0.05) is 22.7 Å². The minimum atomic E-state index is 0.597. The van der Waals surface area contributed by atoms with Gasteiger partial charge in [0.15, 0.2) is 0 Å². The van der Waals surface area contributed by atoms with Crippen molar-refractivity contribution in [3.63, 3.8) is 0 Å². The van der Waals surface area contributed by atoms with Gasteiger partial charge >= 0.3 is 0 Å². The summed E-state index contributed by atoms with van der Waals surface area (Å²) in [6, 6.07) is 14.0. The average molecular weight is 372 g/mol. The predicted octanol–water partition coefficient (Wildman–Crippen LogP) is 5.90. The number of nitrogens with one attached hydrogen (secondary N) is 1. The van der Waals surface area contributed by atoms with Gasteiger partial charge in [0.1, 0.15) is 5.82 Å². The third kappa shape index (κ3) is 3.14. The van der Waals surface area contributed by atoms with Crippen LogP contribution < -0.4 is 5.32 Å². The first-order valence-corrected chi connectivity index (χ1v) is 9.27. The number of halogens is 2. The number of anilines is 1. The second-order valence-electron chi connectivity index (χ2n) is 6.44. The van der Waals surface area contributed by atoms with Crippen molar-refractivity contribution in [2.45, 2.75) is 26.2 Å². The smallest absolute Gasteiger partial charge is 0.133 e. The molecule has 1 aliphatic rings. The molecule has 128 valence electrons. The molecule has 1 N–H and O–H groups in total. The minimum Gasteiger partial charge on any atom is -0.370 e. The van der Waals surface area contributed by atoms with Crippen molar-refractivity contribution >= 4 is 29.0 Å². The van der Waals surface area contributed by atoms with E-state index in [-0.39, 0.29) is 0 Å². The Hall–Kier alpha value is -1.97. The first-order chi connectivity index (χ1) is 12.1. The Kier molecular flexibility index (Phi) is 4.45. The maximum Gasteiger partial charge on any atom is 0.133 e. The molecule has 2 heterocycles. The molecule has 0 fully saturated rings. The topological polar surface area (TPSA) is 29.9 Å². The summed E-state index contributed by atoms with van der Waals surface area (Å²) in [6.07, 6.45) is 3.31. The van der Waals surface area contributed by atoms with Crippen molar-refractivity contribution in [2.24, 2.45) is 0 Å². The number of fused-ring (bicyclic) bond motifs is 1. The van der Waals surface area contributed by atoms with E-state index in [0.29, 0.717) is 10.0 Å². The number of hydrogen-bond acceptors (Lipinski definition) is 2. The highest BCUT2D eigenvalue weighted by atomic mass is 35.5. The normalized spacial score (nSPS) is 13.9. The maximum atomic E-state index is 6.45. The average Bonchev–Trinajstić information content (AvgIpc) is 2.77. The Labute approximate surface area is 157 Å². The van der Waals surface area contributed by atoms with Gasteiger partial charge in [0.05, 0.1) is 16.4 Å². The van der Waals surface area contributed by atoms with Crippen LogP contribution in [0.25, 0.3) is 16.9 Å². The van der Waals surface area contributed by atoms with Gasteiger partial charge in [0.25, 0.3) is 0 Å². The van der Waals surface area contributed by atoms with E-state index in [9.17, 15) is 0 Å². The first kappa shape index (κ1) is 16.5. The van der Waals surface area contributed by atoms with Crippen LogP contribution in [0.2, 0.25) is 10.0 Å². The molecule has 0 saturated carbocycles. The van der Waals surface area contributed by atoms with Crippen LogP contribution in [0.4, 0.5) is 5.82 Å². The zero-order valence-electron chi connectivity index (χ0n) is 14.0. The van der Waals surface area contributed by atoms with Crippen LogP contribution in [-0.4, -0.2) is 16.3 Å². The van der Waals surface area contributed by atoms with E-state index in [1.165, 1.54) is 11.1 Å². The van der Waals surface area contributed by atoms with Gasteiger partial charge in [0.2, 0.25) is 0 Å². The molecule has 0 radical (unpaired) electrons. The molecular weight excluding hydrogens is 353 g/mol. The summed E-state index contributed by atoms with van der Waals surface area (Å²) < 4.78 is 1.93. The van der Waals surface area contributed by atoms with Crippen LogP contribution in [0.3, 0.4) is 0 Å². The van der Waals surface area contributed by atoms with E-state index >= 15 is 0 Å². The second kappa shape index (κ2) is 6.74. The highest BCUT2D eigenvalue weighted by molar-refractivity contribution is 6.35. The Morgan fingerprint density at radius 2 is 1.96 bits per heavy atom. The molecule has 0 aliphatic carbocycles. The standard InChI is InChI=1S/C20H19Cl2N3/c1-13-5-4-6-14(11-13)19-16-7-2-3-10-23-20(16)25(24-19)18-9-8-15(21)12-17(18)22/h4-6,8-9,11-12,23H,2-3,7,10H2,1H3. The lowest BCUT2D eigenvalue weighted by atomic mass is 10.0. The fourth-order valence-corrected chi connectivity index (χ4v) is 3.84. The molecule has 0 atom stereocenters. The Balaban J connectivity index is 1.93. The van der Waals surface area contributed by atoms with Crippen LogP contribution in [0, 0.1) is 6.92 Å². The Bertz CT molecular complexity index is 931. The van der Waals surface area contributed by atoms with E-state index in [1.54, 1.807) is 6.07 Å². The second-order valence-corrected chi connectivity index (χ2v) is 7.28. The molecule has 1 aromatic heterocycles. The fourth-order valence-electron chi connectivity index (χ4n) is 3.35. The highest BCUT2D eigenvalue weighted by Crippen LogP contribution is 2.36. The Morgan fingerprint density at radius 3 is 2.76 bits per heavy atom. The zero-order chi connectivity index (χ0) is 17.4. The summed E-state index contributed by atoms with van der Waals surface area (Å²) in [7, 11) is 0. The SMILES string of the molecule is Cc1cccc(-c2nn(-c3ccc(Cl)cc3Cl)c3c2CCCCN3)c1. The fraction of sp³-hybridized carbons (Fsp3) is 0.250. The molecule has 0 bridgehead atoms. The Morgan fingerprint density at radius 1 is 1.08 bits per heavy atom. The molecule has 3 aromatic rings. The lowest BCUT2D eigenvalue weighted by Gasteiger charge is -2.10. The van der Waals surface area contributed by atoms with Gasteiger partial charge in [-0.2, -0.15) is 5.10 Å². The van der Waals surface area contributed by atoms with Crippen molar-refractivity contribution in [2.75, 3.05) is 11.9 Å². The zero-order valence-corrected chi connectivity index (χ0v) is 15.5. The lowest BCUT2D eigenvalue weighted by molar-refractivity contribution is 0.780. The van der Waals surface area contributed by atoms with Gasteiger partial charge in [-0.15, -0.1) is 0 Å². The van der Waals surface area contributed by atoms with Crippen molar-refractivity contribution in [1.82, 2.24) is 9.78 Å². The van der Waals surface area contributed by atoms with Gasteiger partial charge < -0.3 is 5.32 Å². The highest BCUT2D eigenvalue weighted by Gasteiger charge is 2.22. The number of aromatic nitrogens is 2. The van der Waals surface area contributed by atoms with Crippen molar-refractivity contribution in [3.8, 4) is 16.9 Å². The molecule has 1 aliphatic heterocycles. The van der Waals surface area contributed by atoms with E-state index in [0.717, 1.165) is 48.6 Å². The molecule has 3 nitrogen and oxygen atoms in total. The number of nitrogens with zero attached hydrogens (tertiary/aromatic N) is 2. The van der Waals surface area contributed by atoms with Crippen LogP contribution in [0.1, 0.15) is 24.0 Å². The van der Waals surface area contributed by atoms with Crippen LogP contribution in [0.5, 0.6) is 0 Å². The van der Waals surface area contributed by atoms with Crippen LogP contribution >= 0.6 is 23.2 Å². The predicted molar refractivity (Wildman–Crippen MR) is 105 cm³/mol. The maximum absolute atomic E-state index is 6.45. The molecule has 0 unspecified atom stereocenters. The van der Waals surface area contributed by atoms with Crippen LogP contribution in [0.15, 0.2) is 42.5 Å². The number of hydrogen-bond donors (Lipinski definition) is 1. The van der Waals surface area contributed by atoms with E-state index in [1.807, 2.05) is 16.8 Å². The van der Waals surface area contributed by atoms with Crippen LogP contribution in [-0.2, 0) is 6.42 Å². The monoisotopic (exact) mass is 371 g/mol. The summed E-state index contributed by atoms with van der Waals surface area (Å²) in [5.41, 5.74) is 5.50. The van der Waals surface area contributed by atoms with Gasteiger partial charge in [-0.05, 0) is 50.5 Å². The van der Waals surface area contributed by atoms with E-state index < -0.39 is 0 Å². The summed E-state index contributed by atoms with van der Waals surface area (Å²) in [6.45, 7) is 3.05. The molecular formula is C20H19Cl2N3. The number of aryl methyl sites for hydroxylation is 1. The molecule has 0 spiro atoms. The molecule has 4 rings (SSSR count). The van der Waals surface area contributed by atoms with Crippen molar-refractivity contribution in [3.05, 3.63) is 63.6 Å². The summed E-state index contributed by atoms with van der Waals surface area (Å²) in [5.74, 6) is 1.04. The third-order valence-corrected chi connectivity index (χ3v) is 5.10. The number of rotatable bonds is 2. The number of benzene rings is 2. The van der Waals surface area contributed by atoms with E-state index in [4.69, 9.17) is 28.3 Å². The quantitative estimate of drug-likeness (QED) is 0.607. The summed E-state index contributed by atoms with van der Waals surface area (Å²) in [5, 5.41) is 9.70. The van der Waals surface area contributed by atoms with E-state index in [2.05, 4.69) is 36.5 Å². The lowest BCUT2D eigenvalue weighted by Crippen LogP contribution is -2.07. The molecule has 25 heavy (non-hydrogen) atoms. The minimum absolute atomic E-state index is 0.597. The largest absolute Gasteiger partial charge is 0.370 e. The summed E-state index contributed by atoms with van der Waals surface area (Å²) >= 11 is 12.5.